The molecule has 0 saturated heterocycles. The maximum atomic E-state index is 4.92. The van der Waals surface area contributed by atoms with E-state index in [1.165, 1.54) is 0 Å². The van der Waals surface area contributed by atoms with Gasteiger partial charge in [0.1, 0.15) is 0 Å². The molecule has 0 unspecified atom stereocenters. The minimum absolute atomic E-state index is 0.955. The molecular weight excluding hydrogens is 116 g/mol. The number of thiol groups is 1. The van der Waals surface area contributed by atoms with Gasteiger partial charge in [-0.1, -0.05) is 18.1 Å². The highest BCUT2D eigenvalue weighted by molar-refractivity contribution is 7.84. The molecule has 0 heterocycles. The van der Waals surface area contributed by atoms with Crippen molar-refractivity contribution in [1.29, 1.82) is 0 Å². The van der Waals surface area contributed by atoms with Crippen molar-refractivity contribution in [2.24, 2.45) is 0 Å². The number of hydrogen-bond acceptors (Lipinski definition) is 1. The van der Waals surface area contributed by atoms with Gasteiger partial charge in [-0.05, 0) is 17.9 Å². The third-order valence-electron chi connectivity index (χ3n) is 0.530. The average molecular weight is 124 g/mol. The Labute approximate surface area is 55.7 Å². The molecule has 0 spiro atoms. The second-order valence-corrected chi connectivity index (χ2v) is 2.04. The molecule has 1 heteroatoms. The Morgan fingerprint density at radius 2 is 2.38 bits per heavy atom. The van der Waals surface area contributed by atoms with E-state index >= 15 is 0 Å². The van der Waals surface area contributed by atoms with Crippen LogP contribution in [-0.4, -0.2) is 0 Å². The Morgan fingerprint density at radius 1 is 1.75 bits per heavy atom. The first-order chi connectivity index (χ1) is 3.77. The first-order valence-electron chi connectivity index (χ1n) is 2.26. The quantitative estimate of drug-likeness (QED) is 0.308. The van der Waals surface area contributed by atoms with Gasteiger partial charge in [0, 0.05) is 0 Å². The van der Waals surface area contributed by atoms with Gasteiger partial charge in [-0.3, -0.25) is 0 Å². The van der Waals surface area contributed by atoms with Crippen LogP contribution in [0.2, 0.25) is 0 Å². The van der Waals surface area contributed by atoms with Gasteiger partial charge in [0.25, 0.3) is 0 Å². The van der Waals surface area contributed by atoms with Crippen molar-refractivity contribution >= 4 is 12.6 Å². The van der Waals surface area contributed by atoms with E-state index in [4.69, 9.17) is 6.42 Å². The van der Waals surface area contributed by atoms with Gasteiger partial charge in [-0.15, -0.1) is 19.1 Å². The Morgan fingerprint density at radius 3 is 2.75 bits per heavy atom. The smallest absolute Gasteiger partial charge is 0.0121 e. The molecule has 0 aliphatic rings. The minimum atomic E-state index is 0.955. The zero-order valence-corrected chi connectivity index (χ0v) is 5.65. The molecule has 0 aromatic carbocycles. The SMILES string of the molecule is C#C/C=C\C=C(/C)S. The highest BCUT2D eigenvalue weighted by atomic mass is 32.1. The summed E-state index contributed by atoms with van der Waals surface area (Å²) in [5, 5.41) is 0. The topological polar surface area (TPSA) is 0 Å². The molecule has 0 aromatic heterocycles. The lowest BCUT2D eigenvalue weighted by Crippen LogP contribution is -1.53. The van der Waals surface area contributed by atoms with E-state index in [1.54, 1.807) is 12.2 Å². The monoisotopic (exact) mass is 124 g/mol. The van der Waals surface area contributed by atoms with Gasteiger partial charge in [0.05, 0.1) is 0 Å². The van der Waals surface area contributed by atoms with Crippen LogP contribution < -0.4 is 0 Å². The van der Waals surface area contributed by atoms with Crippen LogP contribution in [-0.2, 0) is 0 Å². The summed E-state index contributed by atoms with van der Waals surface area (Å²) >= 11 is 4.01. The average Bonchev–Trinajstić information content (AvgIpc) is 1.66. The molecule has 0 atom stereocenters. The van der Waals surface area contributed by atoms with Crippen molar-refractivity contribution in [3.63, 3.8) is 0 Å². The van der Waals surface area contributed by atoms with Crippen molar-refractivity contribution in [2.45, 2.75) is 6.92 Å². The molecule has 0 amide bonds. The fraction of sp³-hybridized carbons (Fsp3) is 0.143. The summed E-state index contributed by atoms with van der Waals surface area (Å²) in [7, 11) is 0. The molecule has 42 valence electrons. The molecule has 0 fully saturated rings. The van der Waals surface area contributed by atoms with Crippen molar-refractivity contribution < 1.29 is 0 Å². The molecule has 0 rings (SSSR count). The Hall–Kier alpha value is -0.610. The molecule has 0 bridgehead atoms. The van der Waals surface area contributed by atoms with Crippen molar-refractivity contribution in [3.8, 4) is 12.3 Å². The molecule has 0 aliphatic heterocycles. The van der Waals surface area contributed by atoms with E-state index in [-0.39, 0.29) is 0 Å². The Balaban J connectivity index is 3.63. The number of terminal acetylenes is 1. The maximum absolute atomic E-state index is 4.92. The molecule has 0 aromatic rings. The van der Waals surface area contributed by atoms with Gasteiger partial charge < -0.3 is 0 Å². The first-order valence-corrected chi connectivity index (χ1v) is 2.70. The Kier molecular flexibility index (Phi) is 4.20. The predicted octanol–water partition coefficient (Wildman–Crippen LogP) is 2.01. The molecule has 0 aliphatic carbocycles. The minimum Gasteiger partial charge on any atom is -0.148 e. The van der Waals surface area contributed by atoms with Gasteiger partial charge >= 0.3 is 0 Å². The maximum Gasteiger partial charge on any atom is -0.0121 e. The van der Waals surface area contributed by atoms with Crippen LogP contribution in [0, 0.1) is 12.3 Å². The van der Waals surface area contributed by atoms with E-state index in [1.807, 2.05) is 13.0 Å². The highest BCUT2D eigenvalue weighted by Gasteiger charge is 1.67. The Bertz CT molecular complexity index is 142. The largest absolute Gasteiger partial charge is 0.148 e. The summed E-state index contributed by atoms with van der Waals surface area (Å²) in [5.74, 6) is 2.36. The zero-order chi connectivity index (χ0) is 6.41. The molecule has 0 saturated carbocycles. The molecule has 8 heavy (non-hydrogen) atoms. The third-order valence-corrected chi connectivity index (χ3v) is 0.679. The number of rotatable bonds is 1. The van der Waals surface area contributed by atoms with Crippen LogP contribution in [0.25, 0.3) is 0 Å². The van der Waals surface area contributed by atoms with Crippen LogP contribution in [0.4, 0.5) is 0 Å². The fourth-order valence-electron chi connectivity index (χ4n) is 0.243. The van der Waals surface area contributed by atoms with Crippen LogP contribution >= 0.6 is 12.6 Å². The summed E-state index contributed by atoms with van der Waals surface area (Å²) in [6, 6.07) is 0. The van der Waals surface area contributed by atoms with Crippen molar-refractivity contribution in [3.05, 3.63) is 23.1 Å². The van der Waals surface area contributed by atoms with Crippen LogP contribution in [0.15, 0.2) is 23.1 Å². The van der Waals surface area contributed by atoms with Gasteiger partial charge in [0.15, 0.2) is 0 Å². The highest BCUT2D eigenvalue weighted by Crippen LogP contribution is 1.95. The summed E-state index contributed by atoms with van der Waals surface area (Å²) in [6.07, 6.45) is 10.2. The van der Waals surface area contributed by atoms with Crippen LogP contribution in [0.3, 0.4) is 0 Å². The standard InChI is InChI=1S/C7H8S/c1-3-4-5-6-7(2)8/h1,4-6,8H,2H3/b5-4-,7-6+. The van der Waals surface area contributed by atoms with Crippen molar-refractivity contribution in [2.75, 3.05) is 0 Å². The van der Waals surface area contributed by atoms with Crippen LogP contribution in [0.1, 0.15) is 6.92 Å². The number of hydrogen-bond donors (Lipinski definition) is 1. The fourth-order valence-corrected chi connectivity index (χ4v) is 0.329. The van der Waals surface area contributed by atoms with Gasteiger partial charge in [-0.25, -0.2) is 0 Å². The predicted molar refractivity (Wildman–Crippen MR) is 40.7 cm³/mol. The van der Waals surface area contributed by atoms with Crippen LogP contribution in [0.5, 0.6) is 0 Å². The first kappa shape index (κ1) is 7.39. The van der Waals surface area contributed by atoms with Gasteiger partial charge in [0.2, 0.25) is 0 Å². The summed E-state index contributed by atoms with van der Waals surface area (Å²) in [6.45, 7) is 1.89. The summed E-state index contributed by atoms with van der Waals surface area (Å²) in [5.41, 5.74) is 0. The molecule has 0 nitrogen and oxygen atoms in total. The molecular formula is C7H8S. The van der Waals surface area contributed by atoms with E-state index < -0.39 is 0 Å². The lowest BCUT2D eigenvalue weighted by molar-refractivity contribution is 1.69. The van der Waals surface area contributed by atoms with Gasteiger partial charge in [-0.2, -0.15) is 0 Å². The van der Waals surface area contributed by atoms with E-state index in [0.717, 1.165) is 4.91 Å². The normalized spacial score (nSPS) is 11.9. The lowest BCUT2D eigenvalue weighted by Gasteiger charge is -1.76. The zero-order valence-electron chi connectivity index (χ0n) is 4.76. The van der Waals surface area contributed by atoms with E-state index in [2.05, 4.69) is 18.5 Å². The van der Waals surface area contributed by atoms with Crippen molar-refractivity contribution in [1.82, 2.24) is 0 Å². The lowest BCUT2D eigenvalue weighted by atomic mass is 10.4. The van der Waals surface area contributed by atoms with E-state index in [9.17, 15) is 0 Å². The third kappa shape index (κ3) is 5.39. The second kappa shape index (κ2) is 4.55. The summed E-state index contributed by atoms with van der Waals surface area (Å²) < 4.78 is 0. The number of allylic oxidation sites excluding steroid dienone is 4. The summed E-state index contributed by atoms with van der Waals surface area (Å²) in [4.78, 5) is 0.955. The second-order valence-electron chi connectivity index (χ2n) is 1.33. The molecule has 0 radical (unpaired) electrons. The van der Waals surface area contributed by atoms with E-state index in [0.29, 0.717) is 0 Å². The molecule has 0 N–H and O–H groups in total.